The molecule has 0 heterocycles. The van der Waals surface area contributed by atoms with Gasteiger partial charge in [0, 0.05) is 6.04 Å². The van der Waals surface area contributed by atoms with Gasteiger partial charge in [0.2, 0.25) is 0 Å². The Bertz CT molecular complexity index is 402. The van der Waals surface area contributed by atoms with E-state index in [4.69, 9.17) is 26.2 Å². The summed E-state index contributed by atoms with van der Waals surface area (Å²) in [7, 11) is 0. The Labute approximate surface area is 116 Å². The molecular weight excluding hydrogens is 266 g/mol. The molecule has 0 aliphatic carbocycles. The highest BCUT2D eigenvalue weighted by Crippen LogP contribution is 2.00. The van der Waals surface area contributed by atoms with Crippen LogP contribution in [0.1, 0.15) is 12.5 Å². The molecule has 0 fully saturated rings. The minimum atomic E-state index is -2.27. The summed E-state index contributed by atoms with van der Waals surface area (Å²) in [5.74, 6) is -3.54. The zero-order valence-corrected chi connectivity index (χ0v) is 11.0. The number of aliphatic hydroxyl groups excluding tert-OH is 2. The second-order valence-corrected chi connectivity index (χ2v) is 4.23. The van der Waals surface area contributed by atoms with Crippen molar-refractivity contribution in [1.29, 1.82) is 0 Å². The smallest absolute Gasteiger partial charge is 0.335 e. The Morgan fingerprint density at radius 1 is 1.05 bits per heavy atom. The van der Waals surface area contributed by atoms with Gasteiger partial charge in [-0.2, -0.15) is 0 Å². The SMILES string of the molecule is C[C@H](N)Cc1ccccc1.O=C(O)C(O)C(O)C(=O)O. The van der Waals surface area contributed by atoms with E-state index >= 15 is 0 Å². The third kappa shape index (κ3) is 7.47. The summed E-state index contributed by atoms with van der Waals surface area (Å²) in [6, 6.07) is 10.6. The lowest BCUT2D eigenvalue weighted by molar-refractivity contribution is -0.165. The number of rotatable bonds is 5. The van der Waals surface area contributed by atoms with Gasteiger partial charge in [-0.05, 0) is 18.9 Å². The van der Waals surface area contributed by atoms with Gasteiger partial charge in [0.15, 0.2) is 12.2 Å². The van der Waals surface area contributed by atoms with E-state index in [1.165, 1.54) is 5.56 Å². The fourth-order valence-electron chi connectivity index (χ4n) is 1.26. The fraction of sp³-hybridized carbons (Fsp3) is 0.385. The molecule has 7 nitrogen and oxygen atoms in total. The zero-order valence-electron chi connectivity index (χ0n) is 11.0. The number of benzene rings is 1. The molecule has 0 saturated heterocycles. The predicted octanol–water partition coefficient (Wildman–Crippen LogP) is -0.546. The van der Waals surface area contributed by atoms with Gasteiger partial charge in [0.1, 0.15) is 0 Å². The lowest BCUT2D eigenvalue weighted by Crippen LogP contribution is -2.39. The van der Waals surface area contributed by atoms with Crippen LogP contribution in [0.25, 0.3) is 0 Å². The van der Waals surface area contributed by atoms with Crippen molar-refractivity contribution in [3.63, 3.8) is 0 Å². The monoisotopic (exact) mass is 285 g/mol. The Morgan fingerprint density at radius 3 is 1.75 bits per heavy atom. The molecule has 0 aliphatic heterocycles. The van der Waals surface area contributed by atoms with Gasteiger partial charge in [-0.15, -0.1) is 0 Å². The van der Waals surface area contributed by atoms with Crippen molar-refractivity contribution >= 4 is 11.9 Å². The Balaban J connectivity index is 0.000000361. The van der Waals surface area contributed by atoms with Crippen LogP contribution in [0.3, 0.4) is 0 Å². The number of hydrogen-bond donors (Lipinski definition) is 5. The van der Waals surface area contributed by atoms with Crippen LogP contribution in [0, 0.1) is 0 Å². The normalized spacial score (nSPS) is 14.4. The maximum Gasteiger partial charge on any atom is 0.335 e. The lowest BCUT2D eigenvalue weighted by atomic mass is 10.1. The summed E-state index contributed by atoms with van der Waals surface area (Å²) in [5, 5.41) is 32.5. The summed E-state index contributed by atoms with van der Waals surface area (Å²) >= 11 is 0. The number of aliphatic hydroxyl groups is 2. The Morgan fingerprint density at radius 2 is 1.45 bits per heavy atom. The maximum atomic E-state index is 9.77. The molecule has 0 saturated carbocycles. The minimum absolute atomic E-state index is 0.266. The maximum absolute atomic E-state index is 9.77. The van der Waals surface area contributed by atoms with Gasteiger partial charge < -0.3 is 26.2 Å². The second-order valence-electron chi connectivity index (χ2n) is 4.23. The van der Waals surface area contributed by atoms with Crippen LogP contribution >= 0.6 is 0 Å². The van der Waals surface area contributed by atoms with Crippen molar-refractivity contribution in [2.75, 3.05) is 0 Å². The molecule has 0 aromatic heterocycles. The number of aliphatic carboxylic acids is 2. The summed E-state index contributed by atoms with van der Waals surface area (Å²) in [5.41, 5.74) is 6.94. The number of carboxylic acid groups (broad SMARTS) is 2. The van der Waals surface area contributed by atoms with Crippen LogP contribution in [-0.2, 0) is 16.0 Å². The summed E-state index contributed by atoms with van der Waals surface area (Å²) < 4.78 is 0. The van der Waals surface area contributed by atoms with Crippen LogP contribution in [0.4, 0.5) is 0 Å². The lowest BCUT2D eigenvalue weighted by Gasteiger charge is -2.07. The summed E-state index contributed by atoms with van der Waals surface area (Å²) in [4.78, 5) is 19.5. The van der Waals surface area contributed by atoms with Crippen molar-refractivity contribution in [2.45, 2.75) is 31.6 Å². The molecular formula is C13H19NO6. The molecule has 0 bridgehead atoms. The number of nitrogens with two attached hydrogens (primary N) is 1. The van der Waals surface area contributed by atoms with Crippen LogP contribution < -0.4 is 5.73 Å². The average Bonchev–Trinajstić information content (AvgIpc) is 2.38. The molecule has 7 heteroatoms. The molecule has 0 spiro atoms. The van der Waals surface area contributed by atoms with E-state index in [0.717, 1.165) is 6.42 Å². The van der Waals surface area contributed by atoms with Gasteiger partial charge >= 0.3 is 11.9 Å². The highest BCUT2D eigenvalue weighted by atomic mass is 16.4. The molecule has 1 rings (SSSR count). The Hall–Kier alpha value is -1.96. The van der Waals surface area contributed by atoms with Crippen molar-refractivity contribution < 1.29 is 30.0 Å². The average molecular weight is 285 g/mol. The first-order valence-electron chi connectivity index (χ1n) is 5.87. The molecule has 0 aliphatic rings. The van der Waals surface area contributed by atoms with E-state index in [2.05, 4.69) is 12.1 Å². The van der Waals surface area contributed by atoms with Crippen LogP contribution in [0.2, 0.25) is 0 Å². The van der Waals surface area contributed by atoms with E-state index in [9.17, 15) is 9.59 Å². The first kappa shape index (κ1) is 18.0. The van der Waals surface area contributed by atoms with Gasteiger partial charge in [0.25, 0.3) is 0 Å². The second kappa shape index (κ2) is 9.03. The first-order valence-corrected chi connectivity index (χ1v) is 5.87. The summed E-state index contributed by atoms with van der Waals surface area (Å²) in [6.45, 7) is 2.02. The topological polar surface area (TPSA) is 141 Å². The third-order valence-corrected chi connectivity index (χ3v) is 2.21. The van der Waals surface area contributed by atoms with E-state index in [-0.39, 0.29) is 6.04 Å². The largest absolute Gasteiger partial charge is 0.479 e. The number of hydrogen-bond acceptors (Lipinski definition) is 5. The van der Waals surface area contributed by atoms with Gasteiger partial charge in [-0.3, -0.25) is 0 Å². The highest BCUT2D eigenvalue weighted by molar-refractivity contribution is 5.83. The van der Waals surface area contributed by atoms with E-state index in [0.29, 0.717) is 0 Å². The molecule has 2 unspecified atom stereocenters. The van der Waals surface area contributed by atoms with E-state index in [1.807, 2.05) is 25.1 Å². The minimum Gasteiger partial charge on any atom is -0.479 e. The third-order valence-electron chi connectivity index (χ3n) is 2.21. The summed E-state index contributed by atoms with van der Waals surface area (Å²) in [6.07, 6.45) is -3.56. The first-order chi connectivity index (χ1) is 9.25. The molecule has 0 amide bonds. The fourth-order valence-corrected chi connectivity index (χ4v) is 1.26. The number of carbonyl (C=O) groups is 2. The molecule has 0 radical (unpaired) electrons. The van der Waals surface area contributed by atoms with Crippen LogP contribution in [0.15, 0.2) is 30.3 Å². The van der Waals surface area contributed by atoms with Gasteiger partial charge in [-0.1, -0.05) is 30.3 Å². The standard InChI is InChI=1S/C9H13N.C4H6O6/c1-8(10)7-9-5-3-2-4-6-9;5-1(3(7)8)2(6)4(9)10/h2-6,8H,7,10H2,1H3;1-2,5-6H,(H,7,8)(H,9,10)/t8-;/m0./s1. The zero-order chi connectivity index (χ0) is 15.7. The van der Waals surface area contributed by atoms with Gasteiger partial charge in [0.05, 0.1) is 0 Å². The van der Waals surface area contributed by atoms with Crippen molar-refractivity contribution in [2.24, 2.45) is 5.73 Å². The molecule has 20 heavy (non-hydrogen) atoms. The van der Waals surface area contributed by atoms with Crippen molar-refractivity contribution in [3.8, 4) is 0 Å². The van der Waals surface area contributed by atoms with E-state index in [1.54, 1.807) is 0 Å². The molecule has 1 aromatic carbocycles. The molecule has 112 valence electrons. The van der Waals surface area contributed by atoms with Gasteiger partial charge in [-0.25, -0.2) is 9.59 Å². The quantitative estimate of drug-likeness (QED) is 0.489. The van der Waals surface area contributed by atoms with Crippen LogP contribution in [-0.4, -0.2) is 50.6 Å². The molecule has 3 atom stereocenters. The van der Waals surface area contributed by atoms with E-state index < -0.39 is 24.1 Å². The number of carboxylic acids is 2. The molecule has 6 N–H and O–H groups in total. The predicted molar refractivity (Wildman–Crippen MR) is 71.1 cm³/mol. The molecule has 1 aromatic rings. The Kier molecular flexibility index (Phi) is 8.14. The highest BCUT2D eigenvalue weighted by Gasteiger charge is 2.29. The van der Waals surface area contributed by atoms with Crippen LogP contribution in [0.5, 0.6) is 0 Å². The van der Waals surface area contributed by atoms with Crippen molar-refractivity contribution in [1.82, 2.24) is 0 Å². The van der Waals surface area contributed by atoms with Crippen molar-refractivity contribution in [3.05, 3.63) is 35.9 Å².